The number of halogens is 2. The Morgan fingerprint density at radius 3 is 2.40 bits per heavy atom. The molecule has 0 aliphatic heterocycles. The molecule has 0 aliphatic rings. The second kappa shape index (κ2) is 5.74. The summed E-state index contributed by atoms with van der Waals surface area (Å²) in [5.41, 5.74) is 1.24. The van der Waals surface area contributed by atoms with Crippen LogP contribution in [-0.4, -0.2) is 13.1 Å². The van der Waals surface area contributed by atoms with Crippen LogP contribution in [0.1, 0.15) is 31.7 Å². The highest BCUT2D eigenvalue weighted by atomic mass is 35.5. The van der Waals surface area contributed by atoms with Gasteiger partial charge in [-0.1, -0.05) is 36.2 Å². The van der Waals surface area contributed by atoms with E-state index in [1.54, 1.807) is 0 Å². The van der Waals surface area contributed by atoms with E-state index in [0.717, 1.165) is 6.42 Å². The van der Waals surface area contributed by atoms with E-state index in [-0.39, 0.29) is 0 Å². The van der Waals surface area contributed by atoms with Crippen LogP contribution in [0.15, 0.2) is 18.2 Å². The first-order valence-electron chi connectivity index (χ1n) is 5.16. The lowest BCUT2D eigenvalue weighted by Crippen LogP contribution is -2.22. The molecular formula is C12H17Cl2N. The summed E-state index contributed by atoms with van der Waals surface area (Å²) in [4.78, 5) is 0. The van der Waals surface area contributed by atoms with Crippen molar-refractivity contribution in [1.29, 1.82) is 0 Å². The van der Waals surface area contributed by atoms with Crippen molar-refractivity contribution < 1.29 is 0 Å². The molecule has 1 aromatic rings. The third-order valence-electron chi connectivity index (χ3n) is 2.71. The lowest BCUT2D eigenvalue weighted by Gasteiger charge is -2.17. The third kappa shape index (κ3) is 3.67. The average Bonchev–Trinajstić information content (AvgIpc) is 2.21. The van der Waals surface area contributed by atoms with Gasteiger partial charge in [-0.3, -0.25) is 0 Å². The Morgan fingerprint density at radius 2 is 1.87 bits per heavy atom. The Morgan fingerprint density at radius 1 is 1.20 bits per heavy atom. The summed E-state index contributed by atoms with van der Waals surface area (Å²) in [5, 5.41) is 4.49. The first-order valence-corrected chi connectivity index (χ1v) is 5.92. The highest BCUT2D eigenvalue weighted by molar-refractivity contribution is 6.42. The highest BCUT2D eigenvalue weighted by Crippen LogP contribution is 2.28. The number of benzene rings is 1. The molecule has 3 heteroatoms. The maximum absolute atomic E-state index is 5.98. The largest absolute Gasteiger partial charge is 0.317 e. The molecule has 0 spiro atoms. The van der Waals surface area contributed by atoms with E-state index in [4.69, 9.17) is 23.2 Å². The van der Waals surface area contributed by atoms with Gasteiger partial charge in [-0.25, -0.2) is 0 Å². The van der Waals surface area contributed by atoms with Crippen molar-refractivity contribution in [3.63, 3.8) is 0 Å². The molecule has 0 amide bonds. The molecule has 0 fully saturated rings. The van der Waals surface area contributed by atoms with Crippen LogP contribution < -0.4 is 5.32 Å². The van der Waals surface area contributed by atoms with Crippen LogP contribution in [0.25, 0.3) is 0 Å². The van der Waals surface area contributed by atoms with Crippen LogP contribution in [0, 0.1) is 0 Å². The zero-order valence-electron chi connectivity index (χ0n) is 9.35. The van der Waals surface area contributed by atoms with Gasteiger partial charge in [0.15, 0.2) is 0 Å². The van der Waals surface area contributed by atoms with E-state index in [9.17, 15) is 0 Å². The van der Waals surface area contributed by atoms with Gasteiger partial charge in [-0.15, -0.1) is 0 Å². The number of nitrogens with one attached hydrogen (secondary N) is 1. The molecule has 1 N–H and O–H groups in total. The van der Waals surface area contributed by atoms with Crippen molar-refractivity contribution in [1.82, 2.24) is 5.32 Å². The predicted octanol–water partition coefficient (Wildman–Crippen LogP) is 4.09. The van der Waals surface area contributed by atoms with E-state index < -0.39 is 0 Å². The van der Waals surface area contributed by atoms with E-state index in [0.29, 0.717) is 22.0 Å². The van der Waals surface area contributed by atoms with Crippen molar-refractivity contribution >= 4 is 23.2 Å². The van der Waals surface area contributed by atoms with Gasteiger partial charge < -0.3 is 5.32 Å². The van der Waals surface area contributed by atoms with Crippen LogP contribution in [0.5, 0.6) is 0 Å². The van der Waals surface area contributed by atoms with Crippen LogP contribution in [0.4, 0.5) is 0 Å². The Bertz CT molecular complexity index is 325. The van der Waals surface area contributed by atoms with Crippen LogP contribution in [0.2, 0.25) is 10.0 Å². The van der Waals surface area contributed by atoms with E-state index in [1.807, 2.05) is 25.2 Å². The first kappa shape index (κ1) is 12.8. The molecule has 1 rings (SSSR count). The van der Waals surface area contributed by atoms with Gasteiger partial charge >= 0.3 is 0 Å². The van der Waals surface area contributed by atoms with Crippen molar-refractivity contribution in [2.24, 2.45) is 0 Å². The topological polar surface area (TPSA) is 12.0 Å². The summed E-state index contributed by atoms with van der Waals surface area (Å²) < 4.78 is 0. The predicted molar refractivity (Wildman–Crippen MR) is 68.0 cm³/mol. The van der Waals surface area contributed by atoms with E-state index >= 15 is 0 Å². The maximum Gasteiger partial charge on any atom is 0.0595 e. The summed E-state index contributed by atoms with van der Waals surface area (Å²) >= 11 is 11.9. The smallest absolute Gasteiger partial charge is 0.0595 e. The van der Waals surface area contributed by atoms with E-state index in [2.05, 4.69) is 19.2 Å². The first-order chi connectivity index (χ1) is 7.04. The minimum absolute atomic E-state index is 0.488. The molecule has 1 aromatic carbocycles. The molecule has 84 valence electrons. The third-order valence-corrected chi connectivity index (χ3v) is 3.45. The molecule has 0 saturated carbocycles. The summed E-state index contributed by atoms with van der Waals surface area (Å²) in [7, 11) is 1.98. The maximum atomic E-state index is 5.98. The fraction of sp³-hybridized carbons (Fsp3) is 0.500. The lowest BCUT2D eigenvalue weighted by molar-refractivity contribution is 0.516. The number of rotatable bonds is 4. The van der Waals surface area contributed by atoms with E-state index in [1.165, 1.54) is 5.56 Å². The zero-order chi connectivity index (χ0) is 11.4. The summed E-state index contributed by atoms with van der Waals surface area (Å²) in [5.74, 6) is 0.488. The van der Waals surface area contributed by atoms with Crippen molar-refractivity contribution in [2.45, 2.75) is 32.2 Å². The molecule has 0 bridgehead atoms. The SMILES string of the molecule is CNC(C)CC(C)c1ccc(Cl)c(Cl)c1. The normalized spacial score (nSPS) is 15.0. The fourth-order valence-corrected chi connectivity index (χ4v) is 1.91. The Labute approximate surface area is 102 Å². The second-order valence-electron chi connectivity index (χ2n) is 4.00. The summed E-state index contributed by atoms with van der Waals surface area (Å²) in [6, 6.07) is 6.37. The molecule has 0 aromatic heterocycles. The Kier molecular flexibility index (Phi) is 4.91. The van der Waals surface area contributed by atoms with Gasteiger partial charge in [0.2, 0.25) is 0 Å². The van der Waals surface area contributed by atoms with Crippen LogP contribution >= 0.6 is 23.2 Å². The average molecular weight is 246 g/mol. The summed E-state index contributed by atoms with van der Waals surface area (Å²) in [6.45, 7) is 4.38. The molecule has 15 heavy (non-hydrogen) atoms. The van der Waals surface area contributed by atoms with Gasteiger partial charge in [-0.2, -0.15) is 0 Å². The van der Waals surface area contributed by atoms with Crippen LogP contribution in [-0.2, 0) is 0 Å². The minimum Gasteiger partial charge on any atom is -0.317 e. The zero-order valence-corrected chi connectivity index (χ0v) is 10.9. The number of hydrogen-bond donors (Lipinski definition) is 1. The molecule has 0 aliphatic carbocycles. The Hall–Kier alpha value is -0.240. The monoisotopic (exact) mass is 245 g/mol. The molecule has 0 heterocycles. The van der Waals surface area contributed by atoms with Gasteiger partial charge in [0.05, 0.1) is 10.0 Å². The molecule has 2 atom stereocenters. The molecule has 0 saturated heterocycles. The second-order valence-corrected chi connectivity index (χ2v) is 4.81. The standard InChI is InChI=1S/C12H17Cl2N/c1-8(6-9(2)15-3)10-4-5-11(13)12(14)7-10/h4-5,7-9,15H,6H2,1-3H3. The number of hydrogen-bond acceptors (Lipinski definition) is 1. The van der Waals surface area contributed by atoms with Gasteiger partial charge in [0.25, 0.3) is 0 Å². The quantitative estimate of drug-likeness (QED) is 0.843. The Balaban J connectivity index is 2.73. The highest BCUT2D eigenvalue weighted by Gasteiger charge is 2.10. The van der Waals surface area contributed by atoms with Gasteiger partial charge in [0.1, 0.15) is 0 Å². The van der Waals surface area contributed by atoms with Crippen LogP contribution in [0.3, 0.4) is 0 Å². The fourth-order valence-electron chi connectivity index (χ4n) is 1.60. The lowest BCUT2D eigenvalue weighted by atomic mass is 9.94. The van der Waals surface area contributed by atoms with Gasteiger partial charge in [-0.05, 0) is 44.0 Å². The molecule has 2 unspecified atom stereocenters. The van der Waals surface area contributed by atoms with Crippen molar-refractivity contribution in [3.05, 3.63) is 33.8 Å². The molecular weight excluding hydrogens is 229 g/mol. The van der Waals surface area contributed by atoms with Crippen molar-refractivity contribution in [3.8, 4) is 0 Å². The summed E-state index contributed by atoms with van der Waals surface area (Å²) in [6.07, 6.45) is 1.09. The molecule has 0 radical (unpaired) electrons. The molecule has 1 nitrogen and oxygen atoms in total. The van der Waals surface area contributed by atoms with Gasteiger partial charge in [0, 0.05) is 6.04 Å². The minimum atomic E-state index is 0.488. The van der Waals surface area contributed by atoms with Crippen molar-refractivity contribution in [2.75, 3.05) is 7.05 Å².